The van der Waals surface area contributed by atoms with Crippen molar-refractivity contribution >= 4 is 24.6 Å². The monoisotopic (exact) mass is 418 g/mol. The van der Waals surface area contributed by atoms with Gasteiger partial charge in [-0.05, 0) is 25.8 Å². The number of nitrogens with two attached hydrogens (primary N) is 1. The van der Waals surface area contributed by atoms with Crippen LogP contribution in [0.5, 0.6) is 0 Å². The number of fused-ring (bicyclic) bond motifs is 1. The van der Waals surface area contributed by atoms with E-state index in [9.17, 15) is 4.57 Å². The smallest absolute Gasteiger partial charge is 0.344 e. The molecule has 0 saturated heterocycles. The van der Waals surface area contributed by atoms with Gasteiger partial charge in [-0.1, -0.05) is 30.3 Å². The van der Waals surface area contributed by atoms with E-state index in [1.165, 1.54) is 11.9 Å². The number of nitrogen functional groups attached to an aromatic ring is 1. The van der Waals surface area contributed by atoms with E-state index >= 15 is 0 Å². The molecule has 29 heavy (non-hydrogen) atoms. The number of aryl methyl sites for hydroxylation is 2. The highest BCUT2D eigenvalue weighted by Gasteiger charge is 2.23. The van der Waals surface area contributed by atoms with Gasteiger partial charge in [0.15, 0.2) is 17.0 Å². The molecule has 0 amide bonds. The summed E-state index contributed by atoms with van der Waals surface area (Å²) < 4.78 is 25.3. The molecule has 0 bridgehead atoms. The van der Waals surface area contributed by atoms with Crippen LogP contribution in [-0.4, -0.2) is 39.0 Å². The van der Waals surface area contributed by atoms with Crippen LogP contribution >= 0.6 is 7.60 Å². The van der Waals surface area contributed by atoms with Crippen LogP contribution in [0.15, 0.2) is 36.7 Å². The van der Waals surface area contributed by atoms with E-state index in [0.29, 0.717) is 43.3 Å². The maximum Gasteiger partial charge on any atom is 0.344 e. The number of nitrogens with zero attached hydrogens (tertiary/aromatic N) is 4. The second-order valence-electron chi connectivity index (χ2n) is 6.38. The summed E-state index contributed by atoms with van der Waals surface area (Å²) >= 11 is 0. The van der Waals surface area contributed by atoms with Gasteiger partial charge >= 0.3 is 7.60 Å². The van der Waals surface area contributed by atoms with Crippen LogP contribution in [0.25, 0.3) is 11.2 Å². The molecule has 2 aromatic heterocycles. The minimum absolute atomic E-state index is 0.0950. The Morgan fingerprint density at radius 2 is 1.86 bits per heavy atom. The van der Waals surface area contributed by atoms with E-state index in [-0.39, 0.29) is 6.29 Å². The molecule has 3 aromatic rings. The predicted molar refractivity (Wildman–Crippen MR) is 112 cm³/mol. The van der Waals surface area contributed by atoms with Crippen molar-refractivity contribution in [2.75, 3.05) is 25.2 Å². The molecule has 1 aromatic carbocycles. The molecule has 9 nitrogen and oxygen atoms in total. The van der Waals surface area contributed by atoms with E-state index in [1.807, 2.05) is 22.8 Å². The van der Waals surface area contributed by atoms with E-state index < -0.39 is 7.60 Å². The first-order valence-electron chi connectivity index (χ1n) is 9.64. The molecule has 2 heterocycles. The summed E-state index contributed by atoms with van der Waals surface area (Å²) in [5.41, 5.74) is 8.45. The van der Waals surface area contributed by atoms with Crippen molar-refractivity contribution in [3.05, 3.63) is 48.0 Å². The van der Waals surface area contributed by atoms with Gasteiger partial charge in [0.2, 0.25) is 0 Å². The van der Waals surface area contributed by atoms with Crippen molar-refractivity contribution in [3.8, 4) is 0 Å². The van der Waals surface area contributed by atoms with E-state index in [2.05, 4.69) is 32.4 Å². The van der Waals surface area contributed by atoms with Gasteiger partial charge in [-0.2, -0.15) is 0 Å². The average molecular weight is 418 g/mol. The minimum atomic E-state index is -3.18. The maximum atomic E-state index is 12.6. The third-order valence-electron chi connectivity index (χ3n) is 4.35. The summed E-state index contributed by atoms with van der Waals surface area (Å²) in [4.78, 5) is 13.0. The van der Waals surface area contributed by atoms with Crippen LogP contribution < -0.4 is 11.1 Å². The van der Waals surface area contributed by atoms with Gasteiger partial charge in [-0.3, -0.25) is 9.88 Å². The Bertz CT molecular complexity index is 969. The molecule has 0 radical (unpaired) electrons. The van der Waals surface area contributed by atoms with Gasteiger partial charge in [0.1, 0.15) is 12.2 Å². The number of rotatable bonds is 11. The molecule has 0 unspecified atom stereocenters. The number of nitrogens with one attached hydrogen (secondary N) is 1. The summed E-state index contributed by atoms with van der Waals surface area (Å²) in [5, 5.41) is 3.15. The fourth-order valence-corrected chi connectivity index (χ4v) is 4.51. The van der Waals surface area contributed by atoms with Crippen LogP contribution in [0.2, 0.25) is 0 Å². The zero-order chi connectivity index (χ0) is 20.7. The first-order valence-corrected chi connectivity index (χ1v) is 11.4. The molecule has 0 spiro atoms. The highest BCUT2D eigenvalue weighted by molar-refractivity contribution is 7.53. The van der Waals surface area contributed by atoms with Crippen LogP contribution in [0.1, 0.15) is 25.2 Å². The second-order valence-corrected chi connectivity index (χ2v) is 8.43. The van der Waals surface area contributed by atoms with Crippen molar-refractivity contribution in [1.29, 1.82) is 0 Å². The summed E-state index contributed by atoms with van der Waals surface area (Å²) in [7, 11) is -3.18. The number of anilines is 1. The molecule has 0 atom stereocenters. The predicted octanol–water partition coefficient (Wildman–Crippen LogP) is 2.96. The third-order valence-corrected chi connectivity index (χ3v) is 6.26. The molecular formula is C19H27N6O3P. The molecule has 0 aliphatic carbocycles. The van der Waals surface area contributed by atoms with Crippen LogP contribution in [-0.2, 0) is 33.1 Å². The first kappa shape index (κ1) is 21.4. The normalized spacial score (nSPS) is 11.9. The summed E-state index contributed by atoms with van der Waals surface area (Å²) in [6.07, 6.45) is 2.35. The van der Waals surface area contributed by atoms with Crippen molar-refractivity contribution in [2.24, 2.45) is 0 Å². The summed E-state index contributed by atoms with van der Waals surface area (Å²) in [6.45, 7) is 5.27. The third kappa shape index (κ3) is 5.39. The quantitative estimate of drug-likeness (QED) is 0.457. The Labute approximate surface area is 170 Å². The maximum absolute atomic E-state index is 12.6. The fourth-order valence-electron chi connectivity index (χ4n) is 3.08. The Kier molecular flexibility index (Phi) is 7.33. The van der Waals surface area contributed by atoms with Crippen molar-refractivity contribution in [1.82, 2.24) is 24.8 Å². The Hall–Kier alpha value is -2.32. The minimum Gasteiger partial charge on any atom is -0.382 e. The molecule has 0 fully saturated rings. The number of imidazole rings is 1. The lowest BCUT2D eigenvalue weighted by atomic mass is 10.1. The molecule has 0 aliphatic heterocycles. The highest BCUT2D eigenvalue weighted by Crippen LogP contribution is 2.46. The van der Waals surface area contributed by atoms with Crippen LogP contribution in [0.4, 0.5) is 5.82 Å². The lowest BCUT2D eigenvalue weighted by molar-refractivity contribution is 0.218. The van der Waals surface area contributed by atoms with Gasteiger partial charge < -0.3 is 19.3 Å². The first-order chi connectivity index (χ1) is 14.1. The fraction of sp³-hybridized carbons (Fsp3) is 0.421. The van der Waals surface area contributed by atoms with Gasteiger partial charge in [0.05, 0.1) is 26.0 Å². The molecule has 0 aliphatic rings. The van der Waals surface area contributed by atoms with Crippen molar-refractivity contribution in [2.45, 2.75) is 33.4 Å². The molecule has 3 N–H and O–H groups in total. The number of hydrogen-bond donors (Lipinski definition) is 2. The standard InChI is InChI=1S/C19H27N6O3P/c1-3-27-29(26,28-4-2)14-21-12-16-24-17-18(20)22-13-23-19(17)25(16)11-10-15-8-6-5-7-9-15/h5-9,13,21H,3-4,10-12,14H2,1-2H3,(H2,20,22,23). The van der Waals surface area contributed by atoms with Crippen LogP contribution in [0.3, 0.4) is 0 Å². The molecule has 10 heteroatoms. The van der Waals surface area contributed by atoms with Crippen LogP contribution in [0, 0.1) is 0 Å². The Morgan fingerprint density at radius 3 is 2.55 bits per heavy atom. The Balaban J connectivity index is 1.79. The van der Waals surface area contributed by atoms with Gasteiger partial charge in [0.25, 0.3) is 0 Å². The lowest BCUT2D eigenvalue weighted by Crippen LogP contribution is -2.20. The molecule has 0 saturated carbocycles. The molecular weight excluding hydrogens is 391 g/mol. The summed E-state index contributed by atoms with van der Waals surface area (Å²) in [6, 6.07) is 10.2. The largest absolute Gasteiger partial charge is 0.382 e. The SMILES string of the molecule is CCOP(=O)(CNCc1nc2c(N)ncnc2n1CCc1ccccc1)OCC. The summed E-state index contributed by atoms with van der Waals surface area (Å²) in [5.74, 6) is 1.08. The second kappa shape index (κ2) is 9.93. The van der Waals surface area contributed by atoms with Crippen molar-refractivity contribution in [3.63, 3.8) is 0 Å². The number of aromatic nitrogens is 4. The Morgan fingerprint density at radius 1 is 1.14 bits per heavy atom. The van der Waals surface area contributed by atoms with Gasteiger partial charge in [0, 0.05) is 6.54 Å². The topological polar surface area (TPSA) is 117 Å². The number of benzene rings is 1. The average Bonchev–Trinajstić information content (AvgIpc) is 3.06. The molecule has 3 rings (SSSR count). The van der Waals surface area contributed by atoms with E-state index in [4.69, 9.17) is 14.8 Å². The lowest BCUT2D eigenvalue weighted by Gasteiger charge is -2.17. The zero-order valence-corrected chi connectivity index (χ0v) is 17.6. The van der Waals surface area contributed by atoms with Gasteiger partial charge in [-0.15, -0.1) is 0 Å². The highest BCUT2D eigenvalue weighted by atomic mass is 31.2. The van der Waals surface area contributed by atoms with E-state index in [0.717, 1.165) is 12.2 Å². The van der Waals surface area contributed by atoms with E-state index in [1.54, 1.807) is 13.8 Å². The number of hydrogen-bond acceptors (Lipinski definition) is 8. The van der Waals surface area contributed by atoms with Crippen molar-refractivity contribution < 1.29 is 13.6 Å². The zero-order valence-electron chi connectivity index (χ0n) is 16.7. The molecule has 156 valence electrons. The van der Waals surface area contributed by atoms with Gasteiger partial charge in [-0.25, -0.2) is 15.0 Å².